The first-order valence-corrected chi connectivity index (χ1v) is 10.4. The Hall–Kier alpha value is -2.52. The molecule has 0 aliphatic carbocycles. The molecule has 0 radical (unpaired) electrons. The summed E-state index contributed by atoms with van der Waals surface area (Å²) < 4.78 is 11.7. The van der Waals surface area contributed by atoms with Gasteiger partial charge in [0.15, 0.2) is 0 Å². The lowest BCUT2D eigenvalue weighted by Gasteiger charge is -2.12. The Morgan fingerprint density at radius 3 is 2.57 bits per heavy atom. The van der Waals surface area contributed by atoms with Gasteiger partial charge in [0.2, 0.25) is 0 Å². The van der Waals surface area contributed by atoms with Gasteiger partial charge in [-0.25, -0.2) is 0 Å². The van der Waals surface area contributed by atoms with E-state index < -0.39 is 0 Å². The molecule has 0 fully saturated rings. The molecule has 0 aliphatic heterocycles. The van der Waals surface area contributed by atoms with Crippen molar-refractivity contribution in [1.29, 1.82) is 0 Å². The molecule has 0 aliphatic rings. The molecule has 1 heterocycles. The molecule has 0 bridgehead atoms. The maximum absolute atomic E-state index is 6.11. The molecule has 3 nitrogen and oxygen atoms in total. The number of furan rings is 1. The zero-order chi connectivity index (χ0) is 19.4. The normalized spacial score (nSPS) is 10.9. The predicted octanol–water partition coefficient (Wildman–Crippen LogP) is 6.24. The highest BCUT2D eigenvalue weighted by Crippen LogP contribution is 2.31. The first kappa shape index (κ1) is 20.2. The SMILES string of the molecule is CCCNCc1ccc(OCCCCCc2ccccc2)c(-c2ccco2)c1. The largest absolute Gasteiger partial charge is 0.493 e. The average molecular weight is 378 g/mol. The Balaban J connectivity index is 1.51. The fraction of sp³-hybridized carbons (Fsp3) is 0.360. The van der Waals surface area contributed by atoms with Crippen LogP contribution in [0.2, 0.25) is 0 Å². The van der Waals surface area contributed by atoms with Crippen molar-refractivity contribution in [1.82, 2.24) is 5.32 Å². The second-order valence-corrected chi connectivity index (χ2v) is 7.13. The Kier molecular flexibility index (Phi) is 8.20. The van der Waals surface area contributed by atoms with Crippen molar-refractivity contribution < 1.29 is 9.15 Å². The van der Waals surface area contributed by atoms with Crippen LogP contribution in [0.4, 0.5) is 0 Å². The molecule has 1 N–H and O–H groups in total. The topological polar surface area (TPSA) is 34.4 Å². The number of hydrogen-bond acceptors (Lipinski definition) is 3. The van der Waals surface area contributed by atoms with Crippen molar-refractivity contribution in [3.05, 3.63) is 78.1 Å². The molecule has 0 amide bonds. The fourth-order valence-electron chi connectivity index (χ4n) is 3.28. The Morgan fingerprint density at radius 2 is 1.79 bits per heavy atom. The number of benzene rings is 2. The third kappa shape index (κ3) is 6.28. The predicted molar refractivity (Wildman–Crippen MR) is 116 cm³/mol. The van der Waals surface area contributed by atoms with E-state index in [0.29, 0.717) is 0 Å². The molecule has 0 saturated heterocycles. The molecule has 1 aromatic heterocycles. The van der Waals surface area contributed by atoms with E-state index in [1.54, 1.807) is 6.26 Å². The van der Waals surface area contributed by atoms with Crippen molar-refractivity contribution in [2.24, 2.45) is 0 Å². The van der Waals surface area contributed by atoms with E-state index in [0.717, 1.165) is 56.0 Å². The second kappa shape index (κ2) is 11.4. The molecule has 0 atom stereocenters. The first-order valence-electron chi connectivity index (χ1n) is 10.4. The van der Waals surface area contributed by atoms with E-state index in [1.807, 2.05) is 12.1 Å². The van der Waals surface area contributed by atoms with Crippen LogP contribution in [0.5, 0.6) is 5.75 Å². The molecular weight excluding hydrogens is 346 g/mol. The van der Waals surface area contributed by atoms with E-state index in [1.165, 1.54) is 24.0 Å². The van der Waals surface area contributed by atoms with Crippen LogP contribution < -0.4 is 10.1 Å². The molecule has 0 unspecified atom stereocenters. The zero-order valence-corrected chi connectivity index (χ0v) is 16.8. The minimum absolute atomic E-state index is 0.732. The van der Waals surface area contributed by atoms with Gasteiger partial charge in [0.25, 0.3) is 0 Å². The summed E-state index contributed by atoms with van der Waals surface area (Å²) in [6, 6.07) is 21.0. The van der Waals surface area contributed by atoms with Crippen LogP contribution >= 0.6 is 0 Å². The zero-order valence-electron chi connectivity index (χ0n) is 16.8. The molecule has 3 heteroatoms. The third-order valence-electron chi connectivity index (χ3n) is 4.80. The molecule has 0 saturated carbocycles. The van der Waals surface area contributed by atoms with E-state index in [4.69, 9.17) is 9.15 Å². The number of aryl methyl sites for hydroxylation is 1. The van der Waals surface area contributed by atoms with Crippen LogP contribution in [0.1, 0.15) is 43.7 Å². The minimum atomic E-state index is 0.732. The Bertz CT molecular complexity index is 797. The van der Waals surface area contributed by atoms with Gasteiger partial charge < -0.3 is 14.5 Å². The van der Waals surface area contributed by atoms with Crippen molar-refractivity contribution in [3.63, 3.8) is 0 Å². The third-order valence-corrected chi connectivity index (χ3v) is 4.80. The number of rotatable bonds is 12. The summed E-state index contributed by atoms with van der Waals surface area (Å²) in [5, 5.41) is 3.45. The van der Waals surface area contributed by atoms with Crippen molar-refractivity contribution >= 4 is 0 Å². The number of hydrogen-bond donors (Lipinski definition) is 1. The monoisotopic (exact) mass is 377 g/mol. The first-order chi connectivity index (χ1) is 13.9. The highest BCUT2D eigenvalue weighted by Gasteiger charge is 2.10. The molecular formula is C25H31NO2. The van der Waals surface area contributed by atoms with Crippen LogP contribution in [-0.2, 0) is 13.0 Å². The molecule has 2 aromatic carbocycles. The summed E-state index contributed by atoms with van der Waals surface area (Å²) in [7, 11) is 0. The summed E-state index contributed by atoms with van der Waals surface area (Å²) in [4.78, 5) is 0. The van der Waals surface area contributed by atoms with Gasteiger partial charge in [-0.2, -0.15) is 0 Å². The van der Waals surface area contributed by atoms with Gasteiger partial charge in [-0.1, -0.05) is 43.3 Å². The van der Waals surface area contributed by atoms with Crippen LogP contribution in [0.3, 0.4) is 0 Å². The van der Waals surface area contributed by atoms with E-state index >= 15 is 0 Å². The Labute approximate surface area is 168 Å². The molecule has 0 spiro atoms. The second-order valence-electron chi connectivity index (χ2n) is 7.13. The number of nitrogens with one attached hydrogen (secondary N) is 1. The summed E-state index contributed by atoms with van der Waals surface area (Å²) in [6.45, 7) is 4.80. The standard InChI is InChI=1S/C25H31NO2/c1-2-16-26-20-22-14-15-25(23(19-22)24-13-9-18-28-24)27-17-8-4-7-12-21-10-5-3-6-11-21/h3,5-6,9-11,13-15,18-19,26H,2,4,7-8,12,16-17,20H2,1H3. The highest BCUT2D eigenvalue weighted by atomic mass is 16.5. The van der Waals surface area contributed by atoms with E-state index in [9.17, 15) is 0 Å². The molecule has 28 heavy (non-hydrogen) atoms. The van der Waals surface area contributed by atoms with E-state index in [2.05, 4.69) is 60.8 Å². The quantitative estimate of drug-likeness (QED) is 0.379. The maximum Gasteiger partial charge on any atom is 0.137 e. The van der Waals surface area contributed by atoms with Crippen LogP contribution in [0.15, 0.2) is 71.3 Å². The van der Waals surface area contributed by atoms with Gasteiger partial charge >= 0.3 is 0 Å². The summed E-state index contributed by atoms with van der Waals surface area (Å²) in [5.74, 6) is 1.76. The molecule has 3 aromatic rings. The smallest absolute Gasteiger partial charge is 0.137 e. The highest BCUT2D eigenvalue weighted by molar-refractivity contribution is 5.66. The number of unbranched alkanes of at least 4 members (excludes halogenated alkanes) is 2. The van der Waals surface area contributed by atoms with Gasteiger partial charge in [0.1, 0.15) is 11.5 Å². The maximum atomic E-state index is 6.11. The lowest BCUT2D eigenvalue weighted by Crippen LogP contribution is -2.13. The van der Waals surface area contributed by atoms with Crippen molar-refractivity contribution in [2.75, 3.05) is 13.2 Å². The summed E-state index contributed by atoms with van der Waals surface area (Å²) in [6.07, 6.45) is 7.41. The summed E-state index contributed by atoms with van der Waals surface area (Å²) in [5.41, 5.74) is 3.69. The van der Waals surface area contributed by atoms with Crippen LogP contribution in [-0.4, -0.2) is 13.2 Å². The van der Waals surface area contributed by atoms with Gasteiger partial charge in [0.05, 0.1) is 18.4 Å². The van der Waals surface area contributed by atoms with Gasteiger partial charge in [-0.15, -0.1) is 0 Å². The fourth-order valence-corrected chi connectivity index (χ4v) is 3.28. The Morgan fingerprint density at radius 1 is 0.893 bits per heavy atom. The lowest BCUT2D eigenvalue weighted by molar-refractivity contribution is 0.306. The molecule has 148 valence electrons. The van der Waals surface area contributed by atoms with E-state index in [-0.39, 0.29) is 0 Å². The van der Waals surface area contributed by atoms with Gasteiger partial charge in [-0.05, 0) is 74.0 Å². The van der Waals surface area contributed by atoms with Crippen LogP contribution in [0, 0.1) is 0 Å². The van der Waals surface area contributed by atoms with Crippen LogP contribution in [0.25, 0.3) is 11.3 Å². The van der Waals surface area contributed by atoms with Crippen molar-refractivity contribution in [2.45, 2.75) is 45.6 Å². The molecule has 3 rings (SSSR count). The van der Waals surface area contributed by atoms with Gasteiger partial charge in [-0.3, -0.25) is 0 Å². The van der Waals surface area contributed by atoms with Crippen molar-refractivity contribution in [3.8, 4) is 17.1 Å². The lowest BCUT2D eigenvalue weighted by atomic mass is 10.1. The minimum Gasteiger partial charge on any atom is -0.493 e. The average Bonchev–Trinajstić information content (AvgIpc) is 3.27. The van der Waals surface area contributed by atoms with Gasteiger partial charge in [0, 0.05) is 6.54 Å². The summed E-state index contributed by atoms with van der Waals surface area (Å²) >= 11 is 0. The number of ether oxygens (including phenoxy) is 1.